The van der Waals surface area contributed by atoms with Crippen LogP contribution in [-0.4, -0.2) is 23.6 Å². The van der Waals surface area contributed by atoms with Gasteiger partial charge in [-0.3, -0.25) is 0 Å². The second kappa shape index (κ2) is 5.86. The SMILES string of the molecule is CN(CC1CCCCC1)c1cc(NN)nc(N)n1. The van der Waals surface area contributed by atoms with E-state index in [1.54, 1.807) is 0 Å². The molecular weight excluding hydrogens is 228 g/mol. The predicted octanol–water partition coefficient (Wildman–Crippen LogP) is 1.36. The third kappa shape index (κ3) is 3.22. The van der Waals surface area contributed by atoms with E-state index in [-0.39, 0.29) is 5.95 Å². The number of anilines is 3. The van der Waals surface area contributed by atoms with Gasteiger partial charge >= 0.3 is 0 Å². The minimum absolute atomic E-state index is 0.246. The van der Waals surface area contributed by atoms with Gasteiger partial charge in [-0.1, -0.05) is 19.3 Å². The number of nitrogens with one attached hydrogen (secondary N) is 1. The predicted molar refractivity (Wildman–Crippen MR) is 74.1 cm³/mol. The summed E-state index contributed by atoms with van der Waals surface area (Å²) in [4.78, 5) is 10.4. The summed E-state index contributed by atoms with van der Waals surface area (Å²) in [6.45, 7) is 1.01. The molecule has 5 N–H and O–H groups in total. The zero-order valence-corrected chi connectivity index (χ0v) is 10.9. The lowest BCUT2D eigenvalue weighted by molar-refractivity contribution is 0.361. The minimum Gasteiger partial charge on any atom is -0.368 e. The molecule has 0 unspecified atom stereocenters. The van der Waals surface area contributed by atoms with E-state index in [0.29, 0.717) is 5.82 Å². The molecule has 6 heteroatoms. The van der Waals surface area contributed by atoms with Gasteiger partial charge in [-0.05, 0) is 18.8 Å². The van der Waals surface area contributed by atoms with Crippen molar-refractivity contribution in [3.05, 3.63) is 6.07 Å². The van der Waals surface area contributed by atoms with Crippen LogP contribution in [0, 0.1) is 5.92 Å². The fourth-order valence-corrected chi connectivity index (χ4v) is 2.57. The van der Waals surface area contributed by atoms with E-state index in [0.717, 1.165) is 18.3 Å². The maximum absolute atomic E-state index is 5.66. The molecule has 0 aliphatic heterocycles. The molecule has 0 spiro atoms. The molecule has 0 amide bonds. The van der Waals surface area contributed by atoms with Crippen molar-refractivity contribution in [3.8, 4) is 0 Å². The molecule has 0 radical (unpaired) electrons. The average Bonchev–Trinajstić information content (AvgIpc) is 2.39. The van der Waals surface area contributed by atoms with Crippen LogP contribution in [0.25, 0.3) is 0 Å². The molecule has 18 heavy (non-hydrogen) atoms. The Morgan fingerprint density at radius 1 is 1.33 bits per heavy atom. The first-order valence-corrected chi connectivity index (χ1v) is 6.51. The Labute approximate surface area is 108 Å². The smallest absolute Gasteiger partial charge is 0.223 e. The van der Waals surface area contributed by atoms with Crippen LogP contribution in [-0.2, 0) is 0 Å². The molecule has 1 aromatic rings. The summed E-state index contributed by atoms with van der Waals surface area (Å²) in [6.07, 6.45) is 6.70. The lowest BCUT2D eigenvalue weighted by Crippen LogP contribution is -2.28. The molecule has 0 saturated heterocycles. The fraction of sp³-hybridized carbons (Fsp3) is 0.667. The molecule has 1 aliphatic rings. The monoisotopic (exact) mass is 250 g/mol. The van der Waals surface area contributed by atoms with Gasteiger partial charge in [0.25, 0.3) is 0 Å². The maximum atomic E-state index is 5.66. The summed E-state index contributed by atoms with van der Waals surface area (Å²) < 4.78 is 0. The highest BCUT2D eigenvalue weighted by Crippen LogP contribution is 2.25. The van der Waals surface area contributed by atoms with Gasteiger partial charge in [0.1, 0.15) is 11.6 Å². The minimum atomic E-state index is 0.246. The highest BCUT2D eigenvalue weighted by molar-refractivity contribution is 5.51. The van der Waals surface area contributed by atoms with Gasteiger partial charge in [0.2, 0.25) is 5.95 Å². The van der Waals surface area contributed by atoms with Gasteiger partial charge < -0.3 is 16.1 Å². The Bertz CT molecular complexity index is 388. The van der Waals surface area contributed by atoms with Gasteiger partial charge in [-0.25, -0.2) is 5.84 Å². The fourth-order valence-electron chi connectivity index (χ4n) is 2.57. The quantitative estimate of drug-likeness (QED) is 0.552. The Kier molecular flexibility index (Phi) is 4.19. The van der Waals surface area contributed by atoms with Crippen molar-refractivity contribution in [2.45, 2.75) is 32.1 Å². The Morgan fingerprint density at radius 3 is 2.72 bits per heavy atom. The van der Waals surface area contributed by atoms with Crippen molar-refractivity contribution in [3.63, 3.8) is 0 Å². The van der Waals surface area contributed by atoms with Crippen molar-refractivity contribution < 1.29 is 0 Å². The second-order valence-electron chi connectivity index (χ2n) is 5.00. The van der Waals surface area contributed by atoms with Gasteiger partial charge in [-0.15, -0.1) is 0 Å². The summed E-state index contributed by atoms with van der Waals surface area (Å²) in [5.41, 5.74) is 8.17. The first-order chi connectivity index (χ1) is 8.69. The molecule has 2 rings (SSSR count). The van der Waals surface area contributed by atoms with Gasteiger partial charge in [0.15, 0.2) is 0 Å². The van der Waals surface area contributed by atoms with E-state index in [4.69, 9.17) is 11.6 Å². The van der Waals surface area contributed by atoms with E-state index >= 15 is 0 Å². The Morgan fingerprint density at radius 2 is 2.06 bits per heavy atom. The molecule has 100 valence electrons. The third-order valence-electron chi connectivity index (χ3n) is 3.53. The summed E-state index contributed by atoms with van der Waals surface area (Å²) in [7, 11) is 2.04. The average molecular weight is 250 g/mol. The van der Waals surface area contributed by atoms with Gasteiger partial charge in [-0.2, -0.15) is 9.97 Å². The molecule has 1 fully saturated rings. The van der Waals surface area contributed by atoms with Crippen LogP contribution >= 0.6 is 0 Å². The topological polar surface area (TPSA) is 93.1 Å². The molecular formula is C12H22N6. The lowest BCUT2D eigenvalue weighted by atomic mass is 9.89. The molecule has 1 aliphatic carbocycles. The van der Waals surface area contributed by atoms with Crippen LogP contribution in [0.15, 0.2) is 6.07 Å². The van der Waals surface area contributed by atoms with Crippen LogP contribution in [0.1, 0.15) is 32.1 Å². The van der Waals surface area contributed by atoms with Crippen molar-refractivity contribution in [2.24, 2.45) is 11.8 Å². The van der Waals surface area contributed by atoms with E-state index in [1.165, 1.54) is 32.1 Å². The van der Waals surface area contributed by atoms with Crippen LogP contribution in [0.5, 0.6) is 0 Å². The number of rotatable bonds is 4. The molecule has 1 aromatic heterocycles. The highest BCUT2D eigenvalue weighted by Gasteiger charge is 2.16. The van der Waals surface area contributed by atoms with Crippen molar-refractivity contribution in [1.82, 2.24) is 9.97 Å². The van der Waals surface area contributed by atoms with E-state index in [2.05, 4.69) is 20.3 Å². The summed E-state index contributed by atoms with van der Waals surface area (Å²) in [5.74, 6) is 7.73. The van der Waals surface area contributed by atoms with E-state index in [1.807, 2.05) is 13.1 Å². The number of hydrazine groups is 1. The molecule has 0 aromatic carbocycles. The maximum Gasteiger partial charge on any atom is 0.223 e. The molecule has 1 heterocycles. The molecule has 0 atom stereocenters. The van der Waals surface area contributed by atoms with Crippen molar-refractivity contribution >= 4 is 17.6 Å². The number of nitrogens with two attached hydrogens (primary N) is 2. The lowest BCUT2D eigenvalue weighted by Gasteiger charge is -2.27. The molecule has 0 bridgehead atoms. The third-order valence-corrected chi connectivity index (χ3v) is 3.53. The Balaban J connectivity index is 2.02. The number of hydrogen-bond donors (Lipinski definition) is 3. The van der Waals surface area contributed by atoms with Crippen molar-refractivity contribution in [1.29, 1.82) is 0 Å². The Hall–Kier alpha value is -1.56. The van der Waals surface area contributed by atoms with Gasteiger partial charge in [0.05, 0.1) is 0 Å². The second-order valence-corrected chi connectivity index (χ2v) is 5.00. The number of nitrogens with zero attached hydrogens (tertiary/aromatic N) is 3. The van der Waals surface area contributed by atoms with E-state index < -0.39 is 0 Å². The van der Waals surface area contributed by atoms with E-state index in [9.17, 15) is 0 Å². The van der Waals surface area contributed by atoms with Crippen LogP contribution in [0.3, 0.4) is 0 Å². The summed E-state index contributed by atoms with van der Waals surface area (Å²) in [5, 5.41) is 0. The first-order valence-electron chi connectivity index (χ1n) is 6.51. The highest BCUT2D eigenvalue weighted by atomic mass is 15.3. The number of nitrogen functional groups attached to an aromatic ring is 2. The van der Waals surface area contributed by atoms with Gasteiger partial charge in [0, 0.05) is 19.7 Å². The summed E-state index contributed by atoms with van der Waals surface area (Å²) in [6, 6.07) is 1.82. The molecule has 1 saturated carbocycles. The largest absolute Gasteiger partial charge is 0.368 e. The number of aromatic nitrogens is 2. The number of hydrogen-bond acceptors (Lipinski definition) is 6. The normalized spacial score (nSPS) is 16.6. The zero-order chi connectivity index (χ0) is 13.0. The summed E-state index contributed by atoms with van der Waals surface area (Å²) >= 11 is 0. The van der Waals surface area contributed by atoms with Crippen LogP contribution in [0.4, 0.5) is 17.6 Å². The first kappa shape index (κ1) is 12.9. The van der Waals surface area contributed by atoms with Crippen LogP contribution < -0.4 is 21.9 Å². The standard InChI is InChI=1S/C12H22N6/c1-18(8-9-5-3-2-4-6-9)11-7-10(17-14)15-12(13)16-11/h7,9H,2-6,8,14H2,1H3,(H3,13,15,16,17). The zero-order valence-electron chi connectivity index (χ0n) is 10.9. The molecule has 6 nitrogen and oxygen atoms in total. The van der Waals surface area contributed by atoms with Crippen molar-refractivity contribution in [2.75, 3.05) is 29.7 Å². The van der Waals surface area contributed by atoms with Crippen LogP contribution in [0.2, 0.25) is 0 Å².